The normalized spacial score (nSPS) is 12.7. The Kier molecular flexibility index (Phi) is 11.1. The third-order valence-corrected chi connectivity index (χ3v) is 6.30. The van der Waals surface area contributed by atoms with Gasteiger partial charge in [0.25, 0.3) is 5.91 Å². The first-order valence-corrected chi connectivity index (χ1v) is 13.1. The molecule has 0 fully saturated rings. The van der Waals surface area contributed by atoms with Crippen LogP contribution in [-0.2, 0) is 20.8 Å². The predicted molar refractivity (Wildman–Crippen MR) is 136 cm³/mol. The second kappa shape index (κ2) is 13.8. The van der Waals surface area contributed by atoms with E-state index in [4.69, 9.17) is 9.15 Å². The van der Waals surface area contributed by atoms with Crippen molar-refractivity contribution in [3.8, 4) is 5.75 Å². The number of carboxylic acid groups (broad SMARTS) is 1. The fourth-order valence-corrected chi connectivity index (χ4v) is 4.15. The van der Waals surface area contributed by atoms with Crippen molar-refractivity contribution < 1.29 is 28.6 Å². The standard InChI is InChI=1S/C25H34N2O7S/c1-5-7-8-18(24(30)27-19(25(31)32)11-12-35-4)26-21(28)14-33-20-10-9-17-16(6-2)13-22(29)34-23(17)15(20)3/h9-10,13,18-19H,5-8,11-12,14H2,1-4H3,(H,26,28)(H,27,30)(H,31,32)/t18-,19-/m0/s1. The average Bonchev–Trinajstić information content (AvgIpc) is 2.83. The molecular weight excluding hydrogens is 472 g/mol. The van der Waals surface area contributed by atoms with E-state index in [1.54, 1.807) is 19.1 Å². The lowest BCUT2D eigenvalue weighted by molar-refractivity contribution is -0.142. The Bertz CT molecular complexity index is 1100. The molecule has 0 saturated heterocycles. The SMILES string of the molecule is CCCC[C@H](NC(=O)COc1ccc2c(CC)cc(=O)oc2c1C)C(=O)N[C@@H](CCSC)C(=O)O. The third-order valence-electron chi connectivity index (χ3n) is 5.66. The van der Waals surface area contributed by atoms with E-state index in [1.165, 1.54) is 17.8 Å². The smallest absolute Gasteiger partial charge is 0.336 e. The van der Waals surface area contributed by atoms with Crippen LogP contribution in [0.1, 0.15) is 50.7 Å². The van der Waals surface area contributed by atoms with Gasteiger partial charge in [-0.05, 0) is 55.9 Å². The Morgan fingerprint density at radius 2 is 1.89 bits per heavy atom. The molecule has 0 bridgehead atoms. The molecule has 10 heteroatoms. The highest BCUT2D eigenvalue weighted by atomic mass is 32.2. The summed E-state index contributed by atoms with van der Waals surface area (Å²) in [5.41, 5.74) is 1.43. The van der Waals surface area contributed by atoms with Gasteiger partial charge in [-0.15, -0.1) is 0 Å². The Labute approximate surface area is 209 Å². The van der Waals surface area contributed by atoms with Gasteiger partial charge < -0.3 is 24.9 Å². The van der Waals surface area contributed by atoms with Crippen molar-refractivity contribution in [1.29, 1.82) is 0 Å². The Morgan fingerprint density at radius 3 is 2.51 bits per heavy atom. The molecule has 0 spiro atoms. The summed E-state index contributed by atoms with van der Waals surface area (Å²) < 4.78 is 11.0. The fraction of sp³-hybridized carbons (Fsp3) is 0.520. The monoisotopic (exact) mass is 506 g/mol. The number of hydrogen-bond donors (Lipinski definition) is 3. The van der Waals surface area contributed by atoms with Crippen molar-refractivity contribution in [2.24, 2.45) is 0 Å². The van der Waals surface area contributed by atoms with Gasteiger partial charge in [-0.2, -0.15) is 11.8 Å². The quantitative estimate of drug-likeness (QED) is 0.333. The summed E-state index contributed by atoms with van der Waals surface area (Å²) in [5.74, 6) is -1.18. The number of carboxylic acids is 1. The van der Waals surface area contributed by atoms with Crippen molar-refractivity contribution >= 4 is 40.5 Å². The first-order chi connectivity index (χ1) is 16.7. The maximum absolute atomic E-state index is 12.8. The maximum Gasteiger partial charge on any atom is 0.336 e. The zero-order chi connectivity index (χ0) is 26.0. The van der Waals surface area contributed by atoms with Gasteiger partial charge in [0, 0.05) is 17.0 Å². The number of amides is 2. The molecule has 2 atom stereocenters. The predicted octanol–water partition coefficient (Wildman–Crippen LogP) is 3.04. The van der Waals surface area contributed by atoms with Gasteiger partial charge >= 0.3 is 11.6 Å². The lowest BCUT2D eigenvalue weighted by Gasteiger charge is -2.21. The Hall–Kier alpha value is -3.01. The van der Waals surface area contributed by atoms with E-state index >= 15 is 0 Å². The lowest BCUT2D eigenvalue weighted by atomic mass is 10.0. The van der Waals surface area contributed by atoms with Crippen LogP contribution in [0.15, 0.2) is 27.4 Å². The largest absolute Gasteiger partial charge is 0.483 e. The van der Waals surface area contributed by atoms with Gasteiger partial charge in [0.15, 0.2) is 6.61 Å². The molecule has 0 aliphatic heterocycles. The zero-order valence-corrected chi connectivity index (χ0v) is 21.5. The number of nitrogens with one attached hydrogen (secondary N) is 2. The summed E-state index contributed by atoms with van der Waals surface area (Å²) >= 11 is 1.49. The second-order valence-corrected chi connectivity index (χ2v) is 9.23. The highest BCUT2D eigenvalue weighted by Gasteiger charge is 2.26. The fourth-order valence-electron chi connectivity index (χ4n) is 3.68. The van der Waals surface area contributed by atoms with E-state index in [2.05, 4.69) is 10.6 Å². The third kappa shape index (κ3) is 8.02. The summed E-state index contributed by atoms with van der Waals surface area (Å²) in [6.45, 7) is 5.30. The number of fused-ring (bicyclic) bond motifs is 1. The minimum Gasteiger partial charge on any atom is -0.483 e. The summed E-state index contributed by atoms with van der Waals surface area (Å²) in [5, 5.41) is 15.4. The highest BCUT2D eigenvalue weighted by molar-refractivity contribution is 7.98. The van der Waals surface area contributed by atoms with E-state index in [0.29, 0.717) is 41.9 Å². The number of aryl methyl sites for hydroxylation is 2. The van der Waals surface area contributed by atoms with Crippen LogP contribution in [-0.4, -0.2) is 53.6 Å². The molecule has 0 radical (unpaired) electrons. The summed E-state index contributed by atoms with van der Waals surface area (Å²) in [6, 6.07) is 3.08. The molecule has 0 aliphatic carbocycles. The molecule has 0 saturated carbocycles. The van der Waals surface area contributed by atoms with E-state index in [9.17, 15) is 24.3 Å². The number of aliphatic carboxylic acids is 1. The second-order valence-electron chi connectivity index (χ2n) is 8.24. The summed E-state index contributed by atoms with van der Waals surface area (Å²) in [7, 11) is 0. The van der Waals surface area contributed by atoms with Gasteiger partial charge in [0.1, 0.15) is 23.4 Å². The van der Waals surface area contributed by atoms with Gasteiger partial charge in [0.05, 0.1) is 0 Å². The van der Waals surface area contributed by atoms with E-state index in [1.807, 2.05) is 20.1 Å². The molecule has 0 unspecified atom stereocenters. The van der Waals surface area contributed by atoms with Gasteiger partial charge in [0.2, 0.25) is 5.91 Å². The van der Waals surface area contributed by atoms with Crippen molar-refractivity contribution in [2.75, 3.05) is 18.6 Å². The molecule has 3 N–H and O–H groups in total. The number of hydrogen-bond acceptors (Lipinski definition) is 7. The van der Waals surface area contributed by atoms with Crippen LogP contribution in [0, 0.1) is 6.92 Å². The van der Waals surface area contributed by atoms with Crippen LogP contribution in [0.3, 0.4) is 0 Å². The Balaban J connectivity index is 2.09. The molecular formula is C25H34N2O7S. The minimum atomic E-state index is -1.11. The van der Waals surface area contributed by atoms with Gasteiger partial charge in [-0.25, -0.2) is 9.59 Å². The topological polar surface area (TPSA) is 135 Å². The number of carbonyl (C=O) groups is 3. The van der Waals surface area contributed by atoms with Crippen molar-refractivity contribution in [1.82, 2.24) is 10.6 Å². The molecule has 0 aliphatic rings. The van der Waals surface area contributed by atoms with E-state index in [0.717, 1.165) is 17.4 Å². The summed E-state index contributed by atoms with van der Waals surface area (Å²) in [6.07, 6.45) is 4.69. The molecule has 1 aromatic heterocycles. The minimum absolute atomic E-state index is 0.289. The lowest BCUT2D eigenvalue weighted by Crippen LogP contribution is -2.52. The van der Waals surface area contributed by atoms with Crippen molar-refractivity contribution in [2.45, 2.75) is 65.0 Å². The molecule has 35 heavy (non-hydrogen) atoms. The molecule has 1 heterocycles. The molecule has 9 nitrogen and oxygen atoms in total. The highest BCUT2D eigenvalue weighted by Crippen LogP contribution is 2.28. The van der Waals surface area contributed by atoms with Gasteiger partial charge in [-0.3, -0.25) is 9.59 Å². The number of rotatable bonds is 14. The van der Waals surface area contributed by atoms with Crippen LogP contribution in [0.5, 0.6) is 5.75 Å². The maximum atomic E-state index is 12.8. The number of benzene rings is 1. The molecule has 1 aromatic carbocycles. The summed E-state index contributed by atoms with van der Waals surface area (Å²) in [4.78, 5) is 48.7. The van der Waals surface area contributed by atoms with Crippen LogP contribution >= 0.6 is 11.8 Å². The first kappa shape index (κ1) is 28.2. The number of unbranched alkanes of at least 4 members (excludes halogenated alkanes) is 1. The van der Waals surface area contributed by atoms with Crippen molar-refractivity contribution in [3.05, 3.63) is 39.7 Å². The number of carbonyl (C=O) groups excluding carboxylic acids is 2. The van der Waals surface area contributed by atoms with Gasteiger partial charge in [-0.1, -0.05) is 26.7 Å². The Morgan fingerprint density at radius 1 is 1.14 bits per heavy atom. The molecule has 2 rings (SSSR count). The average molecular weight is 507 g/mol. The first-order valence-electron chi connectivity index (χ1n) is 11.7. The zero-order valence-electron chi connectivity index (χ0n) is 20.6. The van der Waals surface area contributed by atoms with Crippen molar-refractivity contribution in [3.63, 3.8) is 0 Å². The number of ether oxygens (including phenoxy) is 1. The molecule has 2 aromatic rings. The van der Waals surface area contributed by atoms with Crippen LogP contribution in [0.2, 0.25) is 0 Å². The molecule has 2 amide bonds. The number of thioether (sulfide) groups is 1. The van der Waals surface area contributed by atoms with Crippen LogP contribution in [0.4, 0.5) is 0 Å². The van der Waals surface area contributed by atoms with Crippen LogP contribution in [0.25, 0.3) is 11.0 Å². The molecule has 192 valence electrons. The van der Waals surface area contributed by atoms with E-state index < -0.39 is 35.5 Å². The van der Waals surface area contributed by atoms with E-state index in [-0.39, 0.29) is 13.0 Å². The van der Waals surface area contributed by atoms with Crippen LogP contribution < -0.4 is 21.0 Å².